The van der Waals surface area contributed by atoms with Crippen molar-refractivity contribution in [2.45, 2.75) is 25.6 Å². The largest absolute Gasteiger partial charge is 0.376 e. The predicted octanol–water partition coefficient (Wildman–Crippen LogP) is 4.05. The second-order valence-corrected chi connectivity index (χ2v) is 7.57. The minimum atomic E-state index is -0.316. The molecule has 1 N–H and O–H groups in total. The zero-order valence-corrected chi connectivity index (χ0v) is 17.3. The summed E-state index contributed by atoms with van der Waals surface area (Å²) in [6.07, 6.45) is 3.24. The predicted molar refractivity (Wildman–Crippen MR) is 115 cm³/mol. The average Bonchev–Trinajstić information content (AvgIpc) is 3.30. The number of carbonyl (C=O) groups excluding carboxylic acids is 1. The molecule has 2 aromatic carbocycles. The van der Waals surface area contributed by atoms with Crippen molar-refractivity contribution in [3.05, 3.63) is 77.7 Å². The number of aromatic nitrogens is 2. The Bertz CT molecular complexity index is 967. The van der Waals surface area contributed by atoms with Gasteiger partial charge in [-0.3, -0.25) is 9.89 Å². The number of halogens is 1. The van der Waals surface area contributed by atoms with Gasteiger partial charge in [0, 0.05) is 18.7 Å². The van der Waals surface area contributed by atoms with Crippen LogP contribution in [0.15, 0.2) is 60.8 Å². The van der Waals surface area contributed by atoms with Gasteiger partial charge in [-0.25, -0.2) is 4.39 Å². The Kier molecular flexibility index (Phi) is 7.07. The number of benzene rings is 2. The van der Waals surface area contributed by atoms with E-state index in [0.717, 1.165) is 24.0 Å². The highest BCUT2D eigenvalue weighted by atomic mass is 19.1. The summed E-state index contributed by atoms with van der Waals surface area (Å²) in [6, 6.07) is 16.1. The maximum Gasteiger partial charge on any atom is 0.257 e. The number of H-pyrrole nitrogens is 1. The summed E-state index contributed by atoms with van der Waals surface area (Å²) in [5, 5.41) is 6.89. The van der Waals surface area contributed by atoms with Crippen LogP contribution in [-0.4, -0.2) is 53.4 Å². The van der Waals surface area contributed by atoms with E-state index in [4.69, 9.17) is 9.47 Å². The lowest BCUT2D eigenvalue weighted by molar-refractivity contribution is -0.0229. The number of aromatic amines is 1. The number of nitrogens with zero attached hydrogens (tertiary/aromatic N) is 2. The summed E-state index contributed by atoms with van der Waals surface area (Å²) in [4.78, 5) is 14.8. The molecule has 0 bridgehead atoms. The van der Waals surface area contributed by atoms with Gasteiger partial charge in [0.05, 0.1) is 43.4 Å². The van der Waals surface area contributed by atoms with Crippen LogP contribution < -0.4 is 0 Å². The first kappa shape index (κ1) is 21.2. The SMILES string of the molecule is O=C(c1cn[nH]c1-c1ccc(F)cc1)N1CCC(OCCOCc2ccccc2)CC1. The molecule has 3 aromatic rings. The van der Waals surface area contributed by atoms with Crippen LogP contribution in [0.2, 0.25) is 0 Å². The van der Waals surface area contributed by atoms with Crippen molar-refractivity contribution < 1.29 is 18.7 Å². The third-order valence-electron chi connectivity index (χ3n) is 5.42. The topological polar surface area (TPSA) is 67.5 Å². The van der Waals surface area contributed by atoms with Crippen LogP contribution in [-0.2, 0) is 16.1 Å². The molecule has 1 saturated heterocycles. The van der Waals surface area contributed by atoms with E-state index in [1.54, 1.807) is 12.1 Å². The number of hydrogen-bond donors (Lipinski definition) is 1. The third kappa shape index (κ3) is 5.57. The number of ether oxygens (including phenoxy) is 2. The molecule has 0 spiro atoms. The number of piperidine rings is 1. The molecule has 4 rings (SSSR count). The Labute approximate surface area is 181 Å². The van der Waals surface area contributed by atoms with Crippen molar-refractivity contribution >= 4 is 5.91 Å². The highest BCUT2D eigenvalue weighted by molar-refractivity contribution is 5.99. The van der Waals surface area contributed by atoms with Crippen molar-refractivity contribution in [2.24, 2.45) is 0 Å². The molecule has 0 radical (unpaired) electrons. The lowest BCUT2D eigenvalue weighted by Crippen LogP contribution is -2.41. The van der Waals surface area contributed by atoms with Crippen LogP contribution in [0.25, 0.3) is 11.3 Å². The fourth-order valence-corrected chi connectivity index (χ4v) is 3.72. The Morgan fingerprint density at radius 2 is 1.81 bits per heavy atom. The maximum absolute atomic E-state index is 13.2. The molecule has 1 amide bonds. The Morgan fingerprint density at radius 3 is 2.55 bits per heavy atom. The van der Waals surface area contributed by atoms with Crippen molar-refractivity contribution in [1.82, 2.24) is 15.1 Å². The summed E-state index contributed by atoms with van der Waals surface area (Å²) in [5.41, 5.74) is 2.99. The van der Waals surface area contributed by atoms with Crippen LogP contribution in [0, 0.1) is 5.82 Å². The quantitative estimate of drug-likeness (QED) is 0.555. The van der Waals surface area contributed by atoms with Gasteiger partial charge < -0.3 is 14.4 Å². The molecule has 0 aliphatic carbocycles. The molecule has 0 unspecified atom stereocenters. The van der Waals surface area contributed by atoms with Crippen LogP contribution >= 0.6 is 0 Å². The summed E-state index contributed by atoms with van der Waals surface area (Å²) in [6.45, 7) is 2.93. The van der Waals surface area contributed by atoms with E-state index in [2.05, 4.69) is 10.2 Å². The van der Waals surface area contributed by atoms with Gasteiger partial charge in [-0.15, -0.1) is 0 Å². The molecule has 1 aromatic heterocycles. The van der Waals surface area contributed by atoms with Gasteiger partial charge in [-0.2, -0.15) is 5.10 Å². The molecule has 1 aliphatic rings. The summed E-state index contributed by atoms with van der Waals surface area (Å²) >= 11 is 0. The van der Waals surface area contributed by atoms with Gasteiger partial charge in [0.15, 0.2) is 0 Å². The van der Waals surface area contributed by atoms with Crippen LogP contribution in [0.4, 0.5) is 4.39 Å². The molecule has 0 atom stereocenters. The van der Waals surface area contributed by atoms with E-state index >= 15 is 0 Å². The lowest BCUT2D eigenvalue weighted by Gasteiger charge is -2.32. The minimum Gasteiger partial charge on any atom is -0.376 e. The van der Waals surface area contributed by atoms with Crippen LogP contribution in [0.5, 0.6) is 0 Å². The fraction of sp³-hybridized carbons (Fsp3) is 0.333. The number of hydrogen-bond acceptors (Lipinski definition) is 4. The van der Waals surface area contributed by atoms with Crippen molar-refractivity contribution in [3.63, 3.8) is 0 Å². The monoisotopic (exact) mass is 423 g/mol. The molecular formula is C24H26FN3O3. The number of nitrogens with one attached hydrogen (secondary N) is 1. The van der Waals surface area contributed by atoms with Gasteiger partial charge in [0.2, 0.25) is 0 Å². The fourth-order valence-electron chi connectivity index (χ4n) is 3.72. The first-order valence-electron chi connectivity index (χ1n) is 10.5. The second-order valence-electron chi connectivity index (χ2n) is 7.57. The Morgan fingerprint density at radius 1 is 1.06 bits per heavy atom. The molecule has 31 heavy (non-hydrogen) atoms. The zero-order valence-electron chi connectivity index (χ0n) is 17.3. The number of rotatable bonds is 8. The maximum atomic E-state index is 13.2. The molecule has 2 heterocycles. The van der Waals surface area contributed by atoms with E-state index in [1.165, 1.54) is 18.3 Å². The number of amides is 1. The summed E-state index contributed by atoms with van der Waals surface area (Å²) < 4.78 is 24.8. The standard InChI is InChI=1S/C24H26FN3O3/c25-20-8-6-19(7-9-20)23-22(16-26-27-23)24(29)28-12-10-21(11-13-28)31-15-14-30-17-18-4-2-1-3-5-18/h1-9,16,21H,10-15,17H2,(H,26,27). The summed E-state index contributed by atoms with van der Waals surface area (Å²) in [5.74, 6) is -0.388. The number of carbonyl (C=O) groups is 1. The molecule has 6 nitrogen and oxygen atoms in total. The zero-order chi connectivity index (χ0) is 21.5. The minimum absolute atomic E-state index is 0.0716. The van der Waals surface area contributed by atoms with Crippen molar-refractivity contribution in [2.75, 3.05) is 26.3 Å². The normalized spacial score (nSPS) is 14.7. The third-order valence-corrected chi connectivity index (χ3v) is 5.42. The summed E-state index contributed by atoms with van der Waals surface area (Å²) in [7, 11) is 0. The molecule has 162 valence electrons. The van der Waals surface area contributed by atoms with Crippen molar-refractivity contribution in [3.8, 4) is 11.3 Å². The van der Waals surface area contributed by atoms with E-state index < -0.39 is 0 Å². The Hall–Kier alpha value is -3.03. The van der Waals surface area contributed by atoms with Gasteiger partial charge in [0.25, 0.3) is 5.91 Å². The number of likely N-dealkylation sites (tertiary alicyclic amines) is 1. The van der Waals surface area contributed by atoms with E-state index in [0.29, 0.717) is 44.2 Å². The van der Waals surface area contributed by atoms with E-state index in [9.17, 15) is 9.18 Å². The van der Waals surface area contributed by atoms with Gasteiger partial charge in [-0.1, -0.05) is 30.3 Å². The van der Waals surface area contributed by atoms with E-state index in [1.807, 2.05) is 35.2 Å². The molecular weight excluding hydrogens is 397 g/mol. The smallest absolute Gasteiger partial charge is 0.257 e. The lowest BCUT2D eigenvalue weighted by atomic mass is 10.0. The van der Waals surface area contributed by atoms with Crippen molar-refractivity contribution in [1.29, 1.82) is 0 Å². The molecule has 1 fully saturated rings. The first-order valence-corrected chi connectivity index (χ1v) is 10.5. The Balaban J connectivity index is 1.22. The van der Waals surface area contributed by atoms with Gasteiger partial charge >= 0.3 is 0 Å². The highest BCUT2D eigenvalue weighted by Crippen LogP contribution is 2.24. The average molecular weight is 423 g/mol. The second kappa shape index (κ2) is 10.3. The van der Waals surface area contributed by atoms with Crippen LogP contribution in [0.1, 0.15) is 28.8 Å². The first-order chi connectivity index (χ1) is 15.2. The van der Waals surface area contributed by atoms with Gasteiger partial charge in [-0.05, 0) is 42.7 Å². The van der Waals surface area contributed by atoms with E-state index in [-0.39, 0.29) is 17.8 Å². The molecule has 1 aliphatic heterocycles. The van der Waals surface area contributed by atoms with Crippen LogP contribution in [0.3, 0.4) is 0 Å². The molecule has 0 saturated carbocycles. The highest BCUT2D eigenvalue weighted by Gasteiger charge is 2.26. The van der Waals surface area contributed by atoms with Gasteiger partial charge in [0.1, 0.15) is 5.82 Å². The molecule has 7 heteroatoms.